The van der Waals surface area contributed by atoms with Crippen LogP contribution in [0.4, 0.5) is 11.5 Å². The summed E-state index contributed by atoms with van der Waals surface area (Å²) in [6, 6.07) is 10.8. The van der Waals surface area contributed by atoms with Gasteiger partial charge in [0, 0.05) is 39.1 Å². The zero-order chi connectivity index (χ0) is 22.0. The van der Waals surface area contributed by atoms with E-state index < -0.39 is 5.41 Å². The maximum Gasteiger partial charge on any atom is 0.234 e. The van der Waals surface area contributed by atoms with Gasteiger partial charge in [0.2, 0.25) is 5.91 Å². The van der Waals surface area contributed by atoms with Crippen LogP contribution in [0.2, 0.25) is 0 Å². The molecule has 1 saturated carbocycles. The Morgan fingerprint density at radius 1 is 1.19 bits per heavy atom. The van der Waals surface area contributed by atoms with E-state index in [2.05, 4.69) is 34.1 Å². The van der Waals surface area contributed by atoms with Crippen molar-refractivity contribution in [3.05, 3.63) is 47.9 Å². The highest BCUT2D eigenvalue weighted by Crippen LogP contribution is 2.40. The van der Waals surface area contributed by atoms with E-state index in [9.17, 15) is 4.79 Å². The van der Waals surface area contributed by atoms with Crippen molar-refractivity contribution in [2.45, 2.75) is 57.9 Å². The van der Waals surface area contributed by atoms with Crippen molar-refractivity contribution in [2.75, 3.05) is 37.1 Å². The van der Waals surface area contributed by atoms with Crippen molar-refractivity contribution in [1.29, 1.82) is 0 Å². The molecule has 6 heteroatoms. The zero-order valence-electron chi connectivity index (χ0n) is 19.2. The average Bonchev–Trinajstić information content (AvgIpc) is 3.29. The number of fused-ring (bicyclic) bond motifs is 1. The highest BCUT2D eigenvalue weighted by atomic mass is 16.5. The number of amides is 1. The molecule has 0 saturated heterocycles. The fourth-order valence-electron chi connectivity index (χ4n) is 5.02. The molecule has 1 aromatic carbocycles. The molecule has 4 rings (SSSR count). The van der Waals surface area contributed by atoms with Crippen LogP contribution in [0.5, 0.6) is 0 Å². The van der Waals surface area contributed by atoms with Gasteiger partial charge in [-0.25, -0.2) is 9.97 Å². The summed E-state index contributed by atoms with van der Waals surface area (Å²) in [4.78, 5) is 27.0. The highest BCUT2D eigenvalue weighted by Gasteiger charge is 2.41. The summed E-state index contributed by atoms with van der Waals surface area (Å²) in [5, 5.41) is 0. The number of hydrogen-bond acceptors (Lipinski definition) is 5. The number of carbonyl (C=O) groups is 1. The lowest BCUT2D eigenvalue weighted by molar-refractivity contribution is -0.125. The van der Waals surface area contributed by atoms with Crippen molar-refractivity contribution in [3.8, 4) is 0 Å². The van der Waals surface area contributed by atoms with Gasteiger partial charge in [-0.2, -0.15) is 0 Å². The summed E-state index contributed by atoms with van der Waals surface area (Å²) in [5.74, 6) is 2.01. The summed E-state index contributed by atoms with van der Waals surface area (Å²) < 4.78 is 5.51. The zero-order valence-corrected chi connectivity index (χ0v) is 19.2. The Hall–Kier alpha value is -2.47. The van der Waals surface area contributed by atoms with Crippen LogP contribution < -0.4 is 9.80 Å². The molecule has 0 unspecified atom stereocenters. The molecule has 1 amide bonds. The van der Waals surface area contributed by atoms with E-state index >= 15 is 0 Å². The molecule has 0 spiro atoms. The van der Waals surface area contributed by atoms with Crippen molar-refractivity contribution >= 4 is 17.4 Å². The van der Waals surface area contributed by atoms with Crippen molar-refractivity contribution in [3.63, 3.8) is 0 Å². The van der Waals surface area contributed by atoms with E-state index in [4.69, 9.17) is 9.72 Å². The Kier molecular flexibility index (Phi) is 6.28. The number of benzene rings is 1. The van der Waals surface area contributed by atoms with Gasteiger partial charge in [-0.05, 0) is 32.3 Å². The van der Waals surface area contributed by atoms with Crippen LogP contribution in [0, 0.1) is 5.41 Å². The number of nitrogens with zero attached hydrogens (tertiary/aromatic N) is 4. The molecule has 2 aliphatic rings. The quantitative estimate of drug-likeness (QED) is 0.698. The van der Waals surface area contributed by atoms with E-state index in [1.54, 1.807) is 12.0 Å². The summed E-state index contributed by atoms with van der Waals surface area (Å²) in [6.45, 7) is 5.38. The molecule has 1 atom stereocenters. The Morgan fingerprint density at radius 2 is 1.90 bits per heavy atom. The molecule has 2 heterocycles. The lowest BCUT2D eigenvalue weighted by Crippen LogP contribution is -2.45. The van der Waals surface area contributed by atoms with Gasteiger partial charge in [0.1, 0.15) is 11.5 Å². The van der Waals surface area contributed by atoms with Crippen LogP contribution in [0.25, 0.3) is 0 Å². The van der Waals surface area contributed by atoms with Crippen molar-refractivity contribution in [2.24, 2.45) is 5.41 Å². The van der Waals surface area contributed by atoms with Gasteiger partial charge in [0.05, 0.1) is 18.2 Å². The third kappa shape index (κ3) is 4.45. The molecule has 1 aromatic heterocycles. The fourth-order valence-corrected chi connectivity index (χ4v) is 5.02. The van der Waals surface area contributed by atoms with Crippen LogP contribution in [0.3, 0.4) is 0 Å². The Bertz CT molecular complexity index is 909. The number of rotatable bonds is 6. The summed E-state index contributed by atoms with van der Waals surface area (Å²) >= 11 is 0. The van der Waals surface area contributed by atoms with Gasteiger partial charge >= 0.3 is 0 Å². The molecule has 1 aliphatic carbocycles. The standard InChI is InChI=1S/C25H34N4O2/c1-25(2)17-29(20-12-8-9-13-20)23-21(28(3)24(25)30)15-26-22(27-23)14-19(16-31-4)18-10-6-5-7-11-18/h5-7,10-11,15,19-20H,8-9,12-14,16-17H2,1-4H3/t19-/m0/s1. The number of hydrogen-bond donors (Lipinski definition) is 0. The second kappa shape index (κ2) is 8.95. The minimum Gasteiger partial charge on any atom is -0.384 e. The molecule has 0 bridgehead atoms. The second-order valence-electron chi connectivity index (χ2n) is 9.58. The molecule has 0 radical (unpaired) electrons. The van der Waals surface area contributed by atoms with E-state index in [-0.39, 0.29) is 11.8 Å². The number of ether oxygens (including phenoxy) is 1. The van der Waals surface area contributed by atoms with Crippen LogP contribution >= 0.6 is 0 Å². The maximum atomic E-state index is 13.2. The van der Waals surface area contributed by atoms with Crippen LogP contribution in [0.15, 0.2) is 36.5 Å². The second-order valence-corrected chi connectivity index (χ2v) is 9.58. The van der Waals surface area contributed by atoms with Crippen molar-refractivity contribution < 1.29 is 9.53 Å². The third-order valence-corrected chi connectivity index (χ3v) is 6.72. The summed E-state index contributed by atoms with van der Waals surface area (Å²) in [6.07, 6.45) is 7.33. The Balaban J connectivity index is 1.71. The SMILES string of the molecule is COC[C@H](Cc1ncc2c(n1)N(C1CCCC1)CC(C)(C)C(=O)N2C)c1ccccc1. The lowest BCUT2D eigenvalue weighted by Gasteiger charge is -2.34. The van der Waals surface area contributed by atoms with Crippen molar-refractivity contribution in [1.82, 2.24) is 9.97 Å². The maximum absolute atomic E-state index is 13.2. The molecule has 166 valence electrons. The van der Waals surface area contributed by atoms with E-state index in [1.165, 1.54) is 18.4 Å². The first-order chi connectivity index (χ1) is 14.9. The minimum absolute atomic E-state index is 0.118. The number of carbonyl (C=O) groups excluding carboxylic acids is 1. The smallest absolute Gasteiger partial charge is 0.234 e. The molecule has 1 aliphatic heterocycles. The summed E-state index contributed by atoms with van der Waals surface area (Å²) in [7, 11) is 3.58. The highest BCUT2D eigenvalue weighted by molar-refractivity contribution is 6.00. The van der Waals surface area contributed by atoms with Crippen LogP contribution in [-0.2, 0) is 16.0 Å². The molecule has 0 N–H and O–H groups in total. The van der Waals surface area contributed by atoms with E-state index in [1.807, 2.05) is 33.2 Å². The lowest BCUT2D eigenvalue weighted by atomic mass is 9.91. The molecule has 2 aromatic rings. The van der Waals surface area contributed by atoms with E-state index in [0.29, 0.717) is 25.6 Å². The predicted octanol–water partition coefficient (Wildman–Crippen LogP) is 4.20. The number of aromatic nitrogens is 2. The first kappa shape index (κ1) is 21.8. The third-order valence-electron chi connectivity index (χ3n) is 6.72. The first-order valence-electron chi connectivity index (χ1n) is 11.4. The number of methoxy groups -OCH3 is 1. The number of anilines is 2. The fraction of sp³-hybridized carbons (Fsp3) is 0.560. The molecule has 1 fully saturated rings. The summed E-state index contributed by atoms with van der Waals surface area (Å²) in [5.41, 5.74) is 1.57. The first-order valence-corrected chi connectivity index (χ1v) is 11.4. The molecule has 31 heavy (non-hydrogen) atoms. The largest absolute Gasteiger partial charge is 0.384 e. The van der Waals surface area contributed by atoms with Gasteiger partial charge in [0.25, 0.3) is 0 Å². The predicted molar refractivity (Wildman–Crippen MR) is 124 cm³/mol. The molecular weight excluding hydrogens is 388 g/mol. The van der Waals surface area contributed by atoms with Gasteiger partial charge in [-0.1, -0.05) is 43.2 Å². The van der Waals surface area contributed by atoms with Gasteiger partial charge in [0.15, 0.2) is 5.82 Å². The van der Waals surface area contributed by atoms with Crippen LogP contribution in [-0.4, -0.2) is 49.2 Å². The molecular formula is C25H34N4O2. The normalized spacial score (nSPS) is 19.9. The average molecular weight is 423 g/mol. The van der Waals surface area contributed by atoms with Gasteiger partial charge in [-0.15, -0.1) is 0 Å². The van der Waals surface area contributed by atoms with Gasteiger partial charge < -0.3 is 14.5 Å². The van der Waals surface area contributed by atoms with E-state index in [0.717, 1.165) is 30.2 Å². The minimum atomic E-state index is -0.471. The topological polar surface area (TPSA) is 58.6 Å². The van der Waals surface area contributed by atoms with Gasteiger partial charge in [-0.3, -0.25) is 4.79 Å². The molecule has 6 nitrogen and oxygen atoms in total. The Morgan fingerprint density at radius 3 is 2.58 bits per heavy atom. The van der Waals surface area contributed by atoms with Crippen LogP contribution in [0.1, 0.15) is 56.8 Å². The Labute approximate surface area is 185 Å². The monoisotopic (exact) mass is 422 g/mol.